The first kappa shape index (κ1) is 18.8. The third-order valence-corrected chi connectivity index (χ3v) is 4.01. The fourth-order valence-corrected chi connectivity index (χ4v) is 2.74. The molecule has 0 aliphatic carbocycles. The summed E-state index contributed by atoms with van der Waals surface area (Å²) < 4.78 is 29.4. The zero-order valence-corrected chi connectivity index (χ0v) is 15.4. The van der Waals surface area contributed by atoms with Gasteiger partial charge in [0.1, 0.15) is 0 Å². The molecule has 0 spiro atoms. The van der Waals surface area contributed by atoms with E-state index in [9.17, 15) is 8.42 Å². The maximum atomic E-state index is 11.1. The quantitative estimate of drug-likeness (QED) is 0.820. The Morgan fingerprint density at radius 2 is 2.04 bits per heavy atom. The maximum Gasteiger partial charge on any atom is 0.233 e. The normalized spacial score (nSPS) is 12.2. The van der Waals surface area contributed by atoms with Crippen LogP contribution in [0.1, 0.15) is 25.1 Å². The molecule has 0 unspecified atom stereocenters. The summed E-state index contributed by atoms with van der Waals surface area (Å²) in [6.45, 7) is 4.06. The van der Waals surface area contributed by atoms with Crippen LogP contribution in [-0.2, 0) is 16.6 Å². The Morgan fingerprint density at radius 1 is 1.33 bits per heavy atom. The van der Waals surface area contributed by atoms with Gasteiger partial charge in [0.05, 0.1) is 18.3 Å². The molecule has 0 aliphatic heterocycles. The largest absolute Gasteiger partial charge is 0.474 e. The van der Waals surface area contributed by atoms with E-state index in [2.05, 4.69) is 5.10 Å². The lowest BCUT2D eigenvalue weighted by molar-refractivity contribution is 0.230. The zero-order valence-electron chi connectivity index (χ0n) is 13.1. The van der Waals surface area contributed by atoms with Crippen molar-refractivity contribution in [1.29, 1.82) is 0 Å². The number of rotatable bonds is 6. The van der Waals surface area contributed by atoms with E-state index < -0.39 is 10.0 Å². The van der Waals surface area contributed by atoms with Gasteiger partial charge >= 0.3 is 0 Å². The van der Waals surface area contributed by atoms with E-state index in [-0.39, 0.29) is 6.10 Å². The summed E-state index contributed by atoms with van der Waals surface area (Å²) in [7, 11) is -3.75. The average molecular weight is 390 g/mol. The van der Waals surface area contributed by atoms with E-state index in [0.29, 0.717) is 28.2 Å². The van der Waals surface area contributed by atoms with E-state index in [1.54, 1.807) is 28.9 Å². The predicted molar refractivity (Wildman–Crippen MR) is 95.7 cm³/mol. The molecule has 0 aliphatic rings. The van der Waals surface area contributed by atoms with Crippen LogP contribution in [0.2, 0.25) is 10.0 Å². The lowest BCUT2D eigenvalue weighted by Crippen LogP contribution is -2.09. The molecule has 2 rings (SSSR count). The summed E-state index contributed by atoms with van der Waals surface area (Å²) in [4.78, 5) is 0. The molecule has 130 valence electrons. The van der Waals surface area contributed by atoms with Crippen molar-refractivity contribution < 1.29 is 13.2 Å². The van der Waals surface area contributed by atoms with Gasteiger partial charge in [-0.15, -0.1) is 5.10 Å². The van der Waals surface area contributed by atoms with Crippen LogP contribution in [0.25, 0.3) is 6.08 Å². The summed E-state index contributed by atoms with van der Waals surface area (Å²) in [6, 6.07) is 6.76. The van der Waals surface area contributed by atoms with E-state index in [1.165, 1.54) is 6.08 Å². The smallest absolute Gasteiger partial charge is 0.233 e. The first-order valence-corrected chi connectivity index (χ1v) is 9.40. The Bertz CT molecular complexity index is 861. The number of sulfonamides is 1. The van der Waals surface area contributed by atoms with E-state index in [4.69, 9.17) is 33.1 Å². The lowest BCUT2D eigenvalue weighted by Gasteiger charge is -2.08. The van der Waals surface area contributed by atoms with Crippen molar-refractivity contribution in [1.82, 2.24) is 9.78 Å². The highest BCUT2D eigenvalue weighted by molar-refractivity contribution is 7.92. The van der Waals surface area contributed by atoms with Crippen LogP contribution in [0.4, 0.5) is 0 Å². The van der Waals surface area contributed by atoms with Crippen LogP contribution in [0.5, 0.6) is 5.88 Å². The number of nitrogens with zero attached hydrogens (tertiary/aromatic N) is 2. The Labute approximate surface area is 150 Å². The molecular formula is C15H17Cl2N3O3S. The molecular weight excluding hydrogens is 373 g/mol. The molecule has 0 bridgehead atoms. The molecule has 0 amide bonds. The second-order valence-electron chi connectivity index (χ2n) is 5.36. The molecule has 1 heterocycles. The van der Waals surface area contributed by atoms with Crippen LogP contribution in [-0.4, -0.2) is 24.3 Å². The monoisotopic (exact) mass is 389 g/mol. The van der Waals surface area contributed by atoms with Crippen LogP contribution in [0.15, 0.2) is 29.7 Å². The van der Waals surface area contributed by atoms with Crippen molar-refractivity contribution in [2.24, 2.45) is 5.14 Å². The standard InChI is InChI=1S/C15H17Cl2N3O3S/c1-10(2)23-15-8-13(5-6-24(18,21)22)20(19-15)9-11-3-4-12(16)7-14(11)17/h3-8,10H,9H2,1-2H3,(H2,18,21,22). The van der Waals surface area contributed by atoms with Crippen LogP contribution in [0, 0.1) is 0 Å². The van der Waals surface area contributed by atoms with Gasteiger partial charge < -0.3 is 4.74 Å². The van der Waals surface area contributed by atoms with Gasteiger partial charge in [-0.25, -0.2) is 13.6 Å². The lowest BCUT2D eigenvalue weighted by atomic mass is 10.2. The van der Waals surface area contributed by atoms with Crippen molar-refractivity contribution in [3.05, 3.63) is 51.0 Å². The minimum Gasteiger partial charge on any atom is -0.474 e. The predicted octanol–water partition coefficient (Wildman–Crippen LogP) is 3.28. The second kappa shape index (κ2) is 7.57. The Balaban J connectivity index is 2.38. The fraction of sp³-hybridized carbons (Fsp3) is 0.267. The first-order chi connectivity index (χ1) is 11.1. The van der Waals surface area contributed by atoms with Crippen molar-refractivity contribution in [3.8, 4) is 5.88 Å². The molecule has 0 atom stereocenters. The zero-order chi connectivity index (χ0) is 17.9. The van der Waals surface area contributed by atoms with Crippen molar-refractivity contribution in [3.63, 3.8) is 0 Å². The van der Waals surface area contributed by atoms with Crippen LogP contribution in [0.3, 0.4) is 0 Å². The highest BCUT2D eigenvalue weighted by Gasteiger charge is 2.11. The van der Waals surface area contributed by atoms with E-state index in [1.807, 2.05) is 13.8 Å². The van der Waals surface area contributed by atoms with Gasteiger partial charge in [-0.1, -0.05) is 29.3 Å². The topological polar surface area (TPSA) is 87.2 Å². The Kier molecular flexibility index (Phi) is 5.92. The number of hydrogen-bond acceptors (Lipinski definition) is 4. The fourth-order valence-electron chi connectivity index (χ4n) is 1.94. The number of halogens is 2. The van der Waals surface area contributed by atoms with Crippen LogP contribution >= 0.6 is 23.2 Å². The number of primary sulfonamides is 1. The van der Waals surface area contributed by atoms with E-state index >= 15 is 0 Å². The van der Waals surface area contributed by atoms with Gasteiger partial charge in [-0.2, -0.15) is 0 Å². The molecule has 1 aromatic carbocycles. The Hall–Kier alpha value is -1.54. The third-order valence-electron chi connectivity index (χ3n) is 2.91. The number of hydrogen-bond donors (Lipinski definition) is 1. The van der Waals surface area contributed by atoms with Gasteiger partial charge in [0.25, 0.3) is 0 Å². The van der Waals surface area contributed by atoms with Crippen molar-refractivity contribution in [2.45, 2.75) is 26.5 Å². The molecule has 0 saturated carbocycles. The van der Waals surface area contributed by atoms with Gasteiger partial charge in [-0.05, 0) is 37.6 Å². The van der Waals surface area contributed by atoms with Gasteiger partial charge in [0.15, 0.2) is 0 Å². The number of nitrogens with two attached hydrogens (primary N) is 1. The maximum absolute atomic E-state index is 11.1. The summed E-state index contributed by atoms with van der Waals surface area (Å²) >= 11 is 12.1. The minimum atomic E-state index is -3.75. The molecule has 0 fully saturated rings. The van der Waals surface area contributed by atoms with Crippen molar-refractivity contribution in [2.75, 3.05) is 0 Å². The highest BCUT2D eigenvalue weighted by Crippen LogP contribution is 2.23. The Morgan fingerprint density at radius 3 is 2.62 bits per heavy atom. The van der Waals surface area contributed by atoms with Gasteiger partial charge in [-0.3, -0.25) is 4.68 Å². The minimum absolute atomic E-state index is 0.0671. The van der Waals surface area contributed by atoms with Gasteiger partial charge in [0.2, 0.25) is 15.9 Å². The van der Waals surface area contributed by atoms with E-state index in [0.717, 1.165) is 11.0 Å². The molecule has 2 aromatic rings. The third kappa shape index (κ3) is 5.52. The first-order valence-electron chi connectivity index (χ1n) is 7.03. The SMILES string of the molecule is CC(C)Oc1cc(C=CS(N)(=O)=O)n(Cc2ccc(Cl)cc2Cl)n1. The van der Waals surface area contributed by atoms with Crippen molar-refractivity contribution >= 4 is 39.3 Å². The average Bonchev–Trinajstić information content (AvgIpc) is 2.80. The van der Waals surface area contributed by atoms with Gasteiger partial charge in [0, 0.05) is 21.5 Å². The molecule has 2 N–H and O–H groups in total. The molecule has 9 heteroatoms. The summed E-state index contributed by atoms with van der Waals surface area (Å²) in [6.07, 6.45) is 1.29. The molecule has 6 nitrogen and oxygen atoms in total. The molecule has 1 aromatic heterocycles. The highest BCUT2D eigenvalue weighted by atomic mass is 35.5. The summed E-state index contributed by atoms with van der Waals surface area (Å²) in [5.74, 6) is 0.379. The molecule has 0 saturated heterocycles. The number of ether oxygens (including phenoxy) is 1. The van der Waals surface area contributed by atoms with Crippen LogP contribution < -0.4 is 9.88 Å². The molecule has 0 radical (unpaired) electrons. The number of aromatic nitrogens is 2. The molecule has 24 heavy (non-hydrogen) atoms. The second-order valence-corrected chi connectivity index (χ2v) is 7.65. The summed E-state index contributed by atoms with van der Waals surface area (Å²) in [5.41, 5.74) is 1.30. The summed E-state index contributed by atoms with van der Waals surface area (Å²) in [5, 5.41) is 11.3. The number of benzene rings is 1.